The average molecular weight is 254 g/mol. The Kier molecular flexibility index (Phi) is 5.79. The highest BCUT2D eigenvalue weighted by Crippen LogP contribution is 2.15. The molecule has 0 aliphatic carbocycles. The van der Waals surface area contributed by atoms with Crippen molar-refractivity contribution in [1.29, 1.82) is 0 Å². The summed E-state index contributed by atoms with van der Waals surface area (Å²) in [4.78, 5) is 25.7. The first-order chi connectivity index (χ1) is 8.45. The zero-order valence-corrected chi connectivity index (χ0v) is 12.0. The van der Waals surface area contributed by atoms with E-state index in [0.29, 0.717) is 25.3 Å². The molecule has 0 bridgehead atoms. The van der Waals surface area contributed by atoms with Gasteiger partial charge in [0.15, 0.2) is 0 Å². The summed E-state index contributed by atoms with van der Waals surface area (Å²) >= 11 is 0. The van der Waals surface area contributed by atoms with Gasteiger partial charge in [-0.05, 0) is 20.3 Å². The van der Waals surface area contributed by atoms with Gasteiger partial charge in [0, 0.05) is 31.5 Å². The van der Waals surface area contributed by atoms with Gasteiger partial charge in [0.2, 0.25) is 5.91 Å². The second-order valence-corrected chi connectivity index (χ2v) is 5.49. The number of likely N-dealkylation sites (tertiary alicyclic amines) is 1. The van der Waals surface area contributed by atoms with Gasteiger partial charge in [-0.1, -0.05) is 20.3 Å². The number of ketones is 1. The molecule has 0 aromatic heterocycles. The Morgan fingerprint density at radius 3 is 2.72 bits per heavy atom. The van der Waals surface area contributed by atoms with Crippen LogP contribution in [-0.4, -0.2) is 41.8 Å². The first-order valence-corrected chi connectivity index (χ1v) is 7.02. The first kappa shape index (κ1) is 15.2. The maximum Gasteiger partial charge on any atom is 0.237 e. The third-order valence-electron chi connectivity index (χ3n) is 3.74. The maximum atomic E-state index is 12.1. The fourth-order valence-electron chi connectivity index (χ4n) is 2.43. The Bertz CT molecular complexity index is 304. The Balaban J connectivity index is 2.46. The van der Waals surface area contributed by atoms with Crippen LogP contribution < -0.4 is 5.32 Å². The number of hydrogen-bond donors (Lipinski definition) is 1. The van der Waals surface area contributed by atoms with Crippen LogP contribution in [0, 0.1) is 5.92 Å². The van der Waals surface area contributed by atoms with Gasteiger partial charge >= 0.3 is 0 Å². The number of Topliss-reactive ketones (excluding diaryl/α,β-unsaturated/α-hetero) is 1. The molecule has 3 unspecified atom stereocenters. The molecule has 1 heterocycles. The minimum absolute atomic E-state index is 0.0575. The molecule has 4 heteroatoms. The van der Waals surface area contributed by atoms with Crippen molar-refractivity contribution >= 4 is 11.7 Å². The molecular weight excluding hydrogens is 228 g/mol. The SMILES string of the molecule is CCCC(C)NC(=O)C(C)N1CCC(=O)C(C)C1. The van der Waals surface area contributed by atoms with Crippen LogP contribution in [-0.2, 0) is 9.59 Å². The fraction of sp³-hybridized carbons (Fsp3) is 0.857. The van der Waals surface area contributed by atoms with E-state index in [9.17, 15) is 9.59 Å². The lowest BCUT2D eigenvalue weighted by molar-refractivity contribution is -0.132. The van der Waals surface area contributed by atoms with Crippen LogP contribution in [0.3, 0.4) is 0 Å². The monoisotopic (exact) mass is 254 g/mol. The molecule has 104 valence electrons. The fourth-order valence-corrected chi connectivity index (χ4v) is 2.43. The van der Waals surface area contributed by atoms with Gasteiger partial charge < -0.3 is 5.32 Å². The molecule has 0 aromatic rings. The summed E-state index contributed by atoms with van der Waals surface area (Å²) in [5, 5.41) is 3.04. The van der Waals surface area contributed by atoms with Gasteiger partial charge in [-0.25, -0.2) is 0 Å². The quantitative estimate of drug-likeness (QED) is 0.810. The summed E-state index contributed by atoms with van der Waals surface area (Å²) in [5.41, 5.74) is 0. The van der Waals surface area contributed by atoms with Crippen molar-refractivity contribution in [2.75, 3.05) is 13.1 Å². The third-order valence-corrected chi connectivity index (χ3v) is 3.74. The summed E-state index contributed by atoms with van der Waals surface area (Å²) in [5.74, 6) is 0.456. The van der Waals surface area contributed by atoms with Crippen LogP contribution >= 0.6 is 0 Å². The molecule has 3 atom stereocenters. The van der Waals surface area contributed by atoms with Crippen molar-refractivity contribution in [2.45, 2.75) is 59.0 Å². The molecule has 18 heavy (non-hydrogen) atoms. The lowest BCUT2D eigenvalue weighted by atomic mass is 9.97. The number of hydrogen-bond acceptors (Lipinski definition) is 3. The van der Waals surface area contributed by atoms with Crippen molar-refractivity contribution in [3.05, 3.63) is 0 Å². The minimum Gasteiger partial charge on any atom is -0.352 e. The normalized spacial score (nSPS) is 24.7. The summed E-state index contributed by atoms with van der Waals surface area (Å²) in [6.07, 6.45) is 2.65. The number of amides is 1. The molecule has 1 rings (SSSR count). The molecule has 0 aromatic carbocycles. The molecule has 1 fully saturated rings. The largest absolute Gasteiger partial charge is 0.352 e. The second-order valence-electron chi connectivity index (χ2n) is 5.49. The van der Waals surface area contributed by atoms with E-state index in [0.717, 1.165) is 12.8 Å². The van der Waals surface area contributed by atoms with Gasteiger partial charge in [-0.15, -0.1) is 0 Å². The lowest BCUT2D eigenvalue weighted by Crippen LogP contribution is -2.52. The summed E-state index contributed by atoms with van der Waals surface area (Å²) in [6.45, 7) is 9.44. The predicted molar refractivity (Wildman–Crippen MR) is 72.3 cm³/mol. The average Bonchev–Trinajstić information content (AvgIpc) is 2.32. The molecule has 1 saturated heterocycles. The molecule has 0 radical (unpaired) electrons. The van der Waals surface area contributed by atoms with Crippen LogP contribution in [0.15, 0.2) is 0 Å². The molecule has 1 amide bonds. The molecular formula is C14H26N2O2. The smallest absolute Gasteiger partial charge is 0.237 e. The van der Waals surface area contributed by atoms with Crippen LogP contribution in [0.1, 0.15) is 47.0 Å². The Hall–Kier alpha value is -0.900. The minimum atomic E-state index is -0.139. The Labute approximate surface area is 110 Å². The van der Waals surface area contributed by atoms with Crippen LogP contribution in [0.5, 0.6) is 0 Å². The number of nitrogens with one attached hydrogen (secondary N) is 1. The van der Waals surface area contributed by atoms with E-state index in [-0.39, 0.29) is 23.9 Å². The van der Waals surface area contributed by atoms with Crippen molar-refractivity contribution in [3.63, 3.8) is 0 Å². The lowest BCUT2D eigenvalue weighted by Gasteiger charge is -2.34. The van der Waals surface area contributed by atoms with Gasteiger partial charge in [0.25, 0.3) is 0 Å². The van der Waals surface area contributed by atoms with Gasteiger partial charge in [-0.2, -0.15) is 0 Å². The standard InChI is InChI=1S/C14H26N2O2/c1-5-6-11(3)15-14(18)12(4)16-8-7-13(17)10(2)9-16/h10-12H,5-9H2,1-4H3,(H,15,18). The number of piperidine rings is 1. The van der Waals surface area contributed by atoms with E-state index in [2.05, 4.69) is 17.1 Å². The summed E-state index contributed by atoms with van der Waals surface area (Å²) in [6, 6.07) is 0.0913. The summed E-state index contributed by atoms with van der Waals surface area (Å²) < 4.78 is 0. The number of rotatable bonds is 5. The molecule has 1 aliphatic rings. The van der Waals surface area contributed by atoms with E-state index >= 15 is 0 Å². The van der Waals surface area contributed by atoms with Crippen molar-refractivity contribution in [3.8, 4) is 0 Å². The molecule has 0 spiro atoms. The van der Waals surface area contributed by atoms with Crippen molar-refractivity contribution in [1.82, 2.24) is 10.2 Å². The number of carbonyl (C=O) groups excluding carboxylic acids is 2. The molecule has 0 saturated carbocycles. The second kappa shape index (κ2) is 6.88. The highest BCUT2D eigenvalue weighted by atomic mass is 16.2. The zero-order chi connectivity index (χ0) is 13.7. The molecule has 1 aliphatic heterocycles. The van der Waals surface area contributed by atoms with E-state index in [1.54, 1.807) is 0 Å². The highest BCUT2D eigenvalue weighted by Gasteiger charge is 2.29. The summed E-state index contributed by atoms with van der Waals surface area (Å²) in [7, 11) is 0. The first-order valence-electron chi connectivity index (χ1n) is 7.02. The highest BCUT2D eigenvalue weighted by molar-refractivity contribution is 5.84. The third kappa shape index (κ3) is 4.09. The van der Waals surface area contributed by atoms with Crippen LogP contribution in [0.2, 0.25) is 0 Å². The zero-order valence-electron chi connectivity index (χ0n) is 12.0. The molecule has 4 nitrogen and oxygen atoms in total. The predicted octanol–water partition coefficient (Wildman–Crippen LogP) is 1.59. The van der Waals surface area contributed by atoms with E-state index in [4.69, 9.17) is 0 Å². The number of nitrogens with zero attached hydrogens (tertiary/aromatic N) is 1. The van der Waals surface area contributed by atoms with E-state index in [1.807, 2.05) is 20.8 Å². The van der Waals surface area contributed by atoms with Crippen molar-refractivity contribution in [2.24, 2.45) is 5.92 Å². The van der Waals surface area contributed by atoms with Gasteiger partial charge in [-0.3, -0.25) is 14.5 Å². The topological polar surface area (TPSA) is 49.4 Å². The Morgan fingerprint density at radius 1 is 1.50 bits per heavy atom. The van der Waals surface area contributed by atoms with Gasteiger partial charge in [0.1, 0.15) is 5.78 Å². The Morgan fingerprint density at radius 2 is 2.17 bits per heavy atom. The van der Waals surface area contributed by atoms with Crippen LogP contribution in [0.4, 0.5) is 0 Å². The van der Waals surface area contributed by atoms with E-state index < -0.39 is 0 Å². The van der Waals surface area contributed by atoms with Crippen molar-refractivity contribution < 1.29 is 9.59 Å². The van der Waals surface area contributed by atoms with E-state index in [1.165, 1.54) is 0 Å². The van der Waals surface area contributed by atoms with Crippen LogP contribution in [0.25, 0.3) is 0 Å². The molecule has 1 N–H and O–H groups in total. The van der Waals surface area contributed by atoms with Gasteiger partial charge in [0.05, 0.1) is 6.04 Å². The number of carbonyl (C=O) groups is 2. The maximum absolute atomic E-state index is 12.1.